The summed E-state index contributed by atoms with van der Waals surface area (Å²) in [5.74, 6) is 1.46. The first-order valence-corrected chi connectivity index (χ1v) is 6.47. The van der Waals surface area contributed by atoms with E-state index in [0.717, 1.165) is 15.8 Å². The van der Waals surface area contributed by atoms with Crippen molar-refractivity contribution in [3.63, 3.8) is 0 Å². The van der Waals surface area contributed by atoms with Gasteiger partial charge in [0.05, 0.1) is 18.7 Å². The van der Waals surface area contributed by atoms with Crippen LogP contribution < -0.4 is 9.47 Å². The fraction of sp³-hybridized carbons (Fsp3) is 0.133. The van der Waals surface area contributed by atoms with E-state index in [9.17, 15) is 0 Å². The lowest BCUT2D eigenvalue weighted by Gasteiger charge is -2.09. The summed E-state index contributed by atoms with van der Waals surface area (Å²) in [4.78, 5) is 0. The molecule has 0 heterocycles. The van der Waals surface area contributed by atoms with E-state index >= 15 is 0 Å². The standard InChI is InChI=1S/C15H12BrNO2/c1-18-13-5-6-15(16)12(8-13)10-19-14-4-2-3-11(7-14)9-17/h2-8H,10H2,1H3. The molecule has 0 aliphatic heterocycles. The summed E-state index contributed by atoms with van der Waals surface area (Å²) < 4.78 is 11.8. The second-order valence-corrected chi connectivity index (χ2v) is 4.74. The molecule has 0 aliphatic rings. The van der Waals surface area contributed by atoms with Crippen molar-refractivity contribution >= 4 is 15.9 Å². The predicted molar refractivity (Wildman–Crippen MR) is 76.2 cm³/mol. The number of hydrogen-bond acceptors (Lipinski definition) is 3. The van der Waals surface area contributed by atoms with E-state index in [0.29, 0.717) is 17.9 Å². The Morgan fingerprint density at radius 2 is 2.00 bits per heavy atom. The van der Waals surface area contributed by atoms with Crippen molar-refractivity contribution in [2.75, 3.05) is 7.11 Å². The van der Waals surface area contributed by atoms with E-state index in [-0.39, 0.29) is 0 Å². The molecule has 0 spiro atoms. The number of nitriles is 1. The van der Waals surface area contributed by atoms with E-state index in [2.05, 4.69) is 22.0 Å². The molecule has 0 N–H and O–H groups in total. The van der Waals surface area contributed by atoms with Gasteiger partial charge < -0.3 is 9.47 Å². The third kappa shape index (κ3) is 3.49. The van der Waals surface area contributed by atoms with Crippen LogP contribution in [-0.4, -0.2) is 7.11 Å². The van der Waals surface area contributed by atoms with E-state index in [1.54, 1.807) is 25.3 Å². The molecular weight excluding hydrogens is 306 g/mol. The Balaban J connectivity index is 2.12. The zero-order valence-corrected chi connectivity index (χ0v) is 12.0. The Bertz CT molecular complexity index is 620. The fourth-order valence-corrected chi connectivity index (χ4v) is 1.97. The highest BCUT2D eigenvalue weighted by molar-refractivity contribution is 9.10. The molecule has 0 fully saturated rings. The molecule has 2 aromatic carbocycles. The third-order valence-corrected chi connectivity index (χ3v) is 3.38. The molecule has 2 aromatic rings. The molecule has 0 aromatic heterocycles. The van der Waals surface area contributed by atoms with Crippen molar-refractivity contribution in [1.82, 2.24) is 0 Å². The van der Waals surface area contributed by atoms with Gasteiger partial charge in [-0.3, -0.25) is 0 Å². The summed E-state index contributed by atoms with van der Waals surface area (Å²) in [6.07, 6.45) is 0. The van der Waals surface area contributed by atoms with E-state index in [4.69, 9.17) is 14.7 Å². The Hall–Kier alpha value is -1.99. The number of halogens is 1. The largest absolute Gasteiger partial charge is 0.497 e. The van der Waals surface area contributed by atoms with Crippen LogP contribution in [0.3, 0.4) is 0 Å². The number of nitrogens with zero attached hydrogens (tertiary/aromatic N) is 1. The summed E-state index contributed by atoms with van der Waals surface area (Å²) in [7, 11) is 1.63. The quantitative estimate of drug-likeness (QED) is 0.858. The maximum atomic E-state index is 8.83. The van der Waals surface area contributed by atoms with Crippen LogP contribution in [0.1, 0.15) is 11.1 Å². The van der Waals surface area contributed by atoms with E-state index < -0.39 is 0 Å². The summed E-state index contributed by atoms with van der Waals surface area (Å²) >= 11 is 3.47. The molecule has 4 heteroatoms. The Morgan fingerprint density at radius 1 is 1.16 bits per heavy atom. The van der Waals surface area contributed by atoms with Crippen molar-refractivity contribution in [2.24, 2.45) is 0 Å². The maximum absolute atomic E-state index is 8.83. The van der Waals surface area contributed by atoms with Crippen molar-refractivity contribution < 1.29 is 9.47 Å². The molecule has 0 saturated carbocycles. The lowest BCUT2D eigenvalue weighted by molar-refractivity contribution is 0.304. The first-order chi connectivity index (χ1) is 9.22. The van der Waals surface area contributed by atoms with Gasteiger partial charge in [0.15, 0.2) is 0 Å². The molecule has 0 atom stereocenters. The van der Waals surface area contributed by atoms with Crippen LogP contribution >= 0.6 is 15.9 Å². The normalized spacial score (nSPS) is 9.74. The van der Waals surface area contributed by atoms with Crippen LogP contribution in [0.15, 0.2) is 46.9 Å². The smallest absolute Gasteiger partial charge is 0.121 e. The topological polar surface area (TPSA) is 42.2 Å². The molecule has 2 rings (SSSR count). The number of benzene rings is 2. The monoisotopic (exact) mass is 317 g/mol. The van der Waals surface area contributed by atoms with Gasteiger partial charge in [-0.25, -0.2) is 0 Å². The summed E-state index contributed by atoms with van der Waals surface area (Å²) in [6, 6.07) is 14.9. The van der Waals surface area contributed by atoms with Gasteiger partial charge in [-0.15, -0.1) is 0 Å². The van der Waals surface area contributed by atoms with Gasteiger partial charge in [0.2, 0.25) is 0 Å². The molecule has 0 bridgehead atoms. The molecular formula is C15H12BrNO2. The summed E-state index contributed by atoms with van der Waals surface area (Å²) in [6.45, 7) is 0.409. The van der Waals surface area contributed by atoms with Crippen molar-refractivity contribution in [3.05, 3.63) is 58.1 Å². The average Bonchev–Trinajstić information content (AvgIpc) is 2.46. The molecule has 0 unspecified atom stereocenters. The first kappa shape index (κ1) is 13.4. The van der Waals surface area contributed by atoms with Gasteiger partial charge in [0.1, 0.15) is 18.1 Å². The van der Waals surface area contributed by atoms with Gasteiger partial charge in [-0.2, -0.15) is 5.26 Å². The number of ether oxygens (including phenoxy) is 2. The number of hydrogen-bond donors (Lipinski definition) is 0. The maximum Gasteiger partial charge on any atom is 0.121 e. The zero-order valence-electron chi connectivity index (χ0n) is 10.4. The van der Waals surface area contributed by atoms with Crippen LogP contribution in [0, 0.1) is 11.3 Å². The van der Waals surface area contributed by atoms with Crippen molar-refractivity contribution in [2.45, 2.75) is 6.61 Å². The van der Waals surface area contributed by atoms with Crippen LogP contribution in [0.25, 0.3) is 0 Å². The number of rotatable bonds is 4. The lowest BCUT2D eigenvalue weighted by Crippen LogP contribution is -1.97. The summed E-state index contributed by atoms with van der Waals surface area (Å²) in [5.41, 5.74) is 1.57. The van der Waals surface area contributed by atoms with Crippen molar-refractivity contribution in [3.8, 4) is 17.6 Å². The van der Waals surface area contributed by atoms with E-state index in [1.165, 1.54) is 0 Å². The minimum absolute atomic E-state index is 0.409. The highest BCUT2D eigenvalue weighted by atomic mass is 79.9. The van der Waals surface area contributed by atoms with Gasteiger partial charge in [-0.1, -0.05) is 22.0 Å². The van der Waals surface area contributed by atoms with Crippen LogP contribution in [0.4, 0.5) is 0 Å². The molecule has 0 radical (unpaired) electrons. The van der Waals surface area contributed by atoms with Crippen LogP contribution in [0.5, 0.6) is 11.5 Å². The average molecular weight is 318 g/mol. The number of methoxy groups -OCH3 is 1. The minimum Gasteiger partial charge on any atom is -0.497 e. The Kier molecular flexibility index (Phi) is 4.43. The zero-order chi connectivity index (χ0) is 13.7. The van der Waals surface area contributed by atoms with Gasteiger partial charge in [-0.05, 0) is 36.4 Å². The molecule has 96 valence electrons. The first-order valence-electron chi connectivity index (χ1n) is 5.68. The predicted octanol–water partition coefficient (Wildman–Crippen LogP) is 3.91. The van der Waals surface area contributed by atoms with Crippen LogP contribution in [0.2, 0.25) is 0 Å². The second kappa shape index (κ2) is 6.26. The fourth-order valence-electron chi connectivity index (χ4n) is 1.61. The molecule has 0 amide bonds. The Labute approximate surface area is 120 Å². The minimum atomic E-state index is 0.409. The Morgan fingerprint density at radius 3 is 2.74 bits per heavy atom. The third-order valence-electron chi connectivity index (χ3n) is 2.61. The molecule has 3 nitrogen and oxygen atoms in total. The van der Waals surface area contributed by atoms with Gasteiger partial charge in [0.25, 0.3) is 0 Å². The highest BCUT2D eigenvalue weighted by Crippen LogP contribution is 2.24. The van der Waals surface area contributed by atoms with Crippen molar-refractivity contribution in [1.29, 1.82) is 5.26 Å². The molecule has 0 saturated heterocycles. The summed E-state index contributed by atoms with van der Waals surface area (Å²) in [5, 5.41) is 8.83. The second-order valence-electron chi connectivity index (χ2n) is 3.89. The van der Waals surface area contributed by atoms with Gasteiger partial charge in [0, 0.05) is 10.0 Å². The van der Waals surface area contributed by atoms with E-state index in [1.807, 2.05) is 24.3 Å². The van der Waals surface area contributed by atoms with Gasteiger partial charge >= 0.3 is 0 Å². The lowest BCUT2D eigenvalue weighted by atomic mass is 10.2. The SMILES string of the molecule is COc1ccc(Br)c(COc2cccc(C#N)c2)c1. The molecule has 19 heavy (non-hydrogen) atoms. The molecule has 0 aliphatic carbocycles. The van der Waals surface area contributed by atoms with Crippen LogP contribution in [-0.2, 0) is 6.61 Å². The highest BCUT2D eigenvalue weighted by Gasteiger charge is 2.04.